The predicted molar refractivity (Wildman–Crippen MR) is 73.1 cm³/mol. The second kappa shape index (κ2) is 6.91. The first-order valence-corrected chi connectivity index (χ1v) is 6.22. The molecule has 1 amide bonds. The van der Waals surface area contributed by atoms with Crippen LogP contribution in [0.4, 0.5) is 5.69 Å². The first-order valence-electron chi connectivity index (χ1n) is 5.84. The van der Waals surface area contributed by atoms with Crippen LogP contribution in [0.25, 0.3) is 0 Å². The molecule has 7 heteroatoms. The Morgan fingerprint density at radius 3 is 2.45 bits per heavy atom. The summed E-state index contributed by atoms with van der Waals surface area (Å²) >= 11 is 5.71. The Kier molecular flexibility index (Phi) is 5.52. The highest BCUT2D eigenvalue weighted by Crippen LogP contribution is 2.21. The first-order chi connectivity index (χ1) is 9.29. The van der Waals surface area contributed by atoms with Gasteiger partial charge < -0.3 is 15.5 Å². The van der Waals surface area contributed by atoms with Gasteiger partial charge in [-0.1, -0.05) is 18.5 Å². The molecule has 0 radical (unpaired) electrons. The summed E-state index contributed by atoms with van der Waals surface area (Å²) in [5.41, 5.74) is 0.197. The zero-order valence-electron chi connectivity index (χ0n) is 10.7. The average molecular weight is 300 g/mol. The topological polar surface area (TPSA) is 104 Å². The molecule has 1 rings (SSSR count). The number of halogens is 1. The van der Waals surface area contributed by atoms with Crippen molar-refractivity contribution in [2.24, 2.45) is 5.92 Å². The maximum absolute atomic E-state index is 11.7. The molecule has 108 valence electrons. The van der Waals surface area contributed by atoms with E-state index in [9.17, 15) is 14.4 Å². The number of carbonyl (C=O) groups excluding carboxylic acids is 1. The molecule has 6 nitrogen and oxygen atoms in total. The van der Waals surface area contributed by atoms with Crippen molar-refractivity contribution in [3.8, 4) is 0 Å². The fourth-order valence-electron chi connectivity index (χ4n) is 1.67. The second-order valence-electron chi connectivity index (χ2n) is 4.46. The van der Waals surface area contributed by atoms with Gasteiger partial charge in [0.15, 0.2) is 0 Å². The maximum Gasteiger partial charge on any atom is 0.337 e. The highest BCUT2D eigenvalue weighted by Gasteiger charge is 2.14. The van der Waals surface area contributed by atoms with E-state index in [0.717, 1.165) is 0 Å². The van der Waals surface area contributed by atoms with E-state index in [1.54, 1.807) is 6.92 Å². The zero-order chi connectivity index (χ0) is 15.3. The van der Waals surface area contributed by atoms with E-state index in [-0.39, 0.29) is 35.3 Å². The minimum atomic E-state index is -1.19. The Labute approximate surface area is 120 Å². The van der Waals surface area contributed by atoms with Crippen molar-refractivity contribution in [2.45, 2.75) is 19.8 Å². The monoisotopic (exact) mass is 299 g/mol. The summed E-state index contributed by atoms with van der Waals surface area (Å²) in [6, 6.07) is 4.11. The number of amides is 1. The van der Waals surface area contributed by atoms with Crippen molar-refractivity contribution >= 4 is 35.1 Å². The molecule has 1 aromatic rings. The summed E-state index contributed by atoms with van der Waals surface area (Å²) in [6.45, 7) is 1.65. The summed E-state index contributed by atoms with van der Waals surface area (Å²) in [5, 5.41) is 20.1. The number of aromatic carboxylic acids is 1. The van der Waals surface area contributed by atoms with Crippen LogP contribution in [0.5, 0.6) is 0 Å². The lowest BCUT2D eigenvalue weighted by Crippen LogP contribution is -2.17. The van der Waals surface area contributed by atoms with Crippen LogP contribution < -0.4 is 5.32 Å². The molecule has 20 heavy (non-hydrogen) atoms. The zero-order valence-corrected chi connectivity index (χ0v) is 11.5. The number of hydrogen-bond acceptors (Lipinski definition) is 3. The van der Waals surface area contributed by atoms with Crippen molar-refractivity contribution in [1.82, 2.24) is 0 Å². The molecule has 1 unspecified atom stereocenters. The number of aliphatic carboxylic acids is 1. The fraction of sp³-hybridized carbons (Fsp3) is 0.308. The normalized spacial score (nSPS) is 11.7. The lowest BCUT2D eigenvalue weighted by molar-refractivity contribution is -0.138. The van der Waals surface area contributed by atoms with Crippen LogP contribution in [-0.2, 0) is 9.59 Å². The fourth-order valence-corrected chi connectivity index (χ4v) is 1.86. The number of carboxylic acid groups (broad SMARTS) is 2. The molecule has 0 aromatic heterocycles. The van der Waals surface area contributed by atoms with E-state index in [4.69, 9.17) is 21.8 Å². The van der Waals surface area contributed by atoms with E-state index in [1.165, 1.54) is 18.2 Å². The quantitative estimate of drug-likeness (QED) is 0.748. The van der Waals surface area contributed by atoms with Crippen LogP contribution in [0.3, 0.4) is 0 Å². The molecule has 0 saturated heterocycles. The molecular weight excluding hydrogens is 286 g/mol. The Balaban J connectivity index is 2.69. The SMILES string of the molecule is CC(CC(=O)O)CC(=O)Nc1ccc(Cl)c(C(=O)O)c1. The summed E-state index contributed by atoms with van der Waals surface area (Å²) < 4.78 is 0. The van der Waals surface area contributed by atoms with Crippen LogP contribution in [-0.4, -0.2) is 28.1 Å². The van der Waals surface area contributed by atoms with E-state index < -0.39 is 11.9 Å². The number of rotatable bonds is 6. The minimum Gasteiger partial charge on any atom is -0.481 e. The summed E-state index contributed by atoms with van der Waals surface area (Å²) in [4.78, 5) is 33.1. The van der Waals surface area contributed by atoms with Crippen molar-refractivity contribution < 1.29 is 24.6 Å². The van der Waals surface area contributed by atoms with Gasteiger partial charge in [0.2, 0.25) is 5.91 Å². The van der Waals surface area contributed by atoms with Gasteiger partial charge in [0.25, 0.3) is 0 Å². The molecule has 0 bridgehead atoms. The molecule has 0 aliphatic heterocycles. The molecule has 0 aliphatic rings. The van der Waals surface area contributed by atoms with Crippen molar-refractivity contribution in [1.29, 1.82) is 0 Å². The lowest BCUT2D eigenvalue weighted by Gasteiger charge is -2.10. The molecule has 1 atom stereocenters. The molecule has 0 fully saturated rings. The van der Waals surface area contributed by atoms with Gasteiger partial charge in [-0.15, -0.1) is 0 Å². The molecule has 0 heterocycles. The molecule has 1 aromatic carbocycles. The summed E-state index contributed by atoms with van der Waals surface area (Å²) in [5.74, 6) is -2.84. The van der Waals surface area contributed by atoms with Crippen LogP contribution in [0.15, 0.2) is 18.2 Å². The summed E-state index contributed by atoms with van der Waals surface area (Å²) in [7, 11) is 0. The van der Waals surface area contributed by atoms with Gasteiger partial charge in [0.05, 0.1) is 10.6 Å². The van der Waals surface area contributed by atoms with Crippen molar-refractivity contribution in [2.75, 3.05) is 5.32 Å². The second-order valence-corrected chi connectivity index (χ2v) is 4.86. The van der Waals surface area contributed by atoms with E-state index in [1.807, 2.05) is 0 Å². The van der Waals surface area contributed by atoms with Crippen LogP contribution in [0.1, 0.15) is 30.1 Å². The third kappa shape index (κ3) is 4.89. The number of nitrogens with one attached hydrogen (secondary N) is 1. The molecular formula is C13H14ClNO5. The number of carboxylic acids is 2. The smallest absolute Gasteiger partial charge is 0.337 e. The minimum absolute atomic E-state index is 0.0390. The van der Waals surface area contributed by atoms with E-state index >= 15 is 0 Å². The predicted octanol–water partition coefficient (Wildman–Crippen LogP) is 2.48. The van der Waals surface area contributed by atoms with Crippen molar-refractivity contribution in [3.63, 3.8) is 0 Å². The van der Waals surface area contributed by atoms with Gasteiger partial charge in [-0.3, -0.25) is 9.59 Å². The lowest BCUT2D eigenvalue weighted by atomic mass is 10.0. The Bertz CT molecular complexity index is 544. The van der Waals surface area contributed by atoms with E-state index in [0.29, 0.717) is 5.69 Å². The number of benzene rings is 1. The van der Waals surface area contributed by atoms with Gasteiger partial charge >= 0.3 is 11.9 Å². The highest BCUT2D eigenvalue weighted by atomic mass is 35.5. The van der Waals surface area contributed by atoms with Crippen LogP contribution >= 0.6 is 11.6 Å². The van der Waals surface area contributed by atoms with Crippen molar-refractivity contribution in [3.05, 3.63) is 28.8 Å². The molecule has 0 aliphatic carbocycles. The highest BCUT2D eigenvalue weighted by molar-refractivity contribution is 6.33. The third-order valence-electron chi connectivity index (χ3n) is 2.54. The number of carbonyl (C=O) groups is 3. The first kappa shape index (κ1) is 16.0. The number of anilines is 1. The standard InChI is InChI=1S/C13H14ClNO5/c1-7(5-12(17)18)4-11(16)15-8-2-3-10(14)9(6-8)13(19)20/h2-3,6-7H,4-5H2,1H3,(H,15,16)(H,17,18)(H,19,20). The third-order valence-corrected chi connectivity index (χ3v) is 2.87. The maximum atomic E-state index is 11.7. The van der Waals surface area contributed by atoms with Gasteiger partial charge in [0.1, 0.15) is 0 Å². The van der Waals surface area contributed by atoms with Gasteiger partial charge in [-0.2, -0.15) is 0 Å². The Morgan fingerprint density at radius 2 is 1.90 bits per heavy atom. The van der Waals surface area contributed by atoms with Crippen LogP contribution in [0.2, 0.25) is 5.02 Å². The average Bonchev–Trinajstić information content (AvgIpc) is 2.29. The van der Waals surface area contributed by atoms with Crippen LogP contribution in [0, 0.1) is 5.92 Å². The largest absolute Gasteiger partial charge is 0.481 e. The summed E-state index contributed by atoms with van der Waals surface area (Å²) in [6.07, 6.45) is -0.0637. The molecule has 3 N–H and O–H groups in total. The Hall–Kier alpha value is -2.08. The number of hydrogen-bond donors (Lipinski definition) is 3. The van der Waals surface area contributed by atoms with Gasteiger partial charge in [-0.25, -0.2) is 4.79 Å². The van der Waals surface area contributed by atoms with Gasteiger partial charge in [-0.05, 0) is 24.1 Å². The molecule has 0 saturated carbocycles. The van der Waals surface area contributed by atoms with E-state index in [2.05, 4.69) is 5.32 Å². The Morgan fingerprint density at radius 1 is 1.25 bits per heavy atom. The van der Waals surface area contributed by atoms with Gasteiger partial charge in [0, 0.05) is 18.5 Å². The molecule has 0 spiro atoms.